The summed E-state index contributed by atoms with van der Waals surface area (Å²) in [6.07, 6.45) is 2.96. The molecule has 1 aliphatic rings. The first-order valence-corrected chi connectivity index (χ1v) is 5.63. The molecule has 1 amide bonds. The molecule has 1 aromatic carbocycles. The van der Waals surface area contributed by atoms with E-state index < -0.39 is 0 Å². The molecule has 0 fully saturated rings. The van der Waals surface area contributed by atoms with Crippen molar-refractivity contribution in [2.75, 3.05) is 0 Å². The van der Waals surface area contributed by atoms with Crippen molar-refractivity contribution >= 4 is 6.09 Å². The number of nitrogens with zero attached hydrogens (tertiary/aromatic N) is 3. The van der Waals surface area contributed by atoms with E-state index in [1.807, 2.05) is 18.2 Å². The molecule has 0 spiro atoms. The van der Waals surface area contributed by atoms with E-state index >= 15 is 0 Å². The maximum Gasteiger partial charge on any atom is 0.415 e. The van der Waals surface area contributed by atoms with Gasteiger partial charge in [0.2, 0.25) is 0 Å². The number of rotatable bonds is 2. The van der Waals surface area contributed by atoms with Crippen LogP contribution in [0.25, 0.3) is 0 Å². The van der Waals surface area contributed by atoms with Crippen LogP contribution in [0, 0.1) is 0 Å². The molecule has 2 heterocycles. The van der Waals surface area contributed by atoms with Crippen molar-refractivity contribution in [3.05, 3.63) is 54.1 Å². The molecule has 0 N–H and O–H groups in total. The normalized spacial score (nSPS) is 14.0. The summed E-state index contributed by atoms with van der Waals surface area (Å²) in [6.45, 7) is 0.876. The van der Waals surface area contributed by atoms with E-state index in [0.717, 1.165) is 5.56 Å². The highest BCUT2D eigenvalue weighted by atomic mass is 16.6. The predicted octanol–water partition coefficient (Wildman–Crippen LogP) is 1.99. The molecule has 5 heteroatoms. The van der Waals surface area contributed by atoms with E-state index in [1.54, 1.807) is 29.4 Å². The second-order valence-electron chi connectivity index (χ2n) is 4.00. The first-order valence-electron chi connectivity index (χ1n) is 5.63. The molecule has 0 saturated heterocycles. The van der Waals surface area contributed by atoms with Crippen LogP contribution < -0.4 is 4.74 Å². The Morgan fingerprint density at radius 3 is 2.78 bits per heavy atom. The van der Waals surface area contributed by atoms with Gasteiger partial charge in [-0.2, -0.15) is 0 Å². The minimum absolute atomic E-state index is 0.355. The van der Waals surface area contributed by atoms with Crippen molar-refractivity contribution < 1.29 is 9.53 Å². The quantitative estimate of drug-likeness (QED) is 0.806. The molecule has 18 heavy (non-hydrogen) atoms. The standard InChI is InChI=1S/C13H11N3O2/c17-13-16(9-12-14-6-3-7-15-12)8-10-4-1-2-5-11(10)18-13/h1-7H,8-9H2. The van der Waals surface area contributed by atoms with Gasteiger partial charge in [-0.15, -0.1) is 0 Å². The van der Waals surface area contributed by atoms with Crippen molar-refractivity contribution in [3.63, 3.8) is 0 Å². The Balaban J connectivity index is 1.81. The van der Waals surface area contributed by atoms with Crippen LogP contribution in [0.15, 0.2) is 42.7 Å². The highest BCUT2D eigenvalue weighted by molar-refractivity contribution is 5.73. The topological polar surface area (TPSA) is 55.3 Å². The summed E-state index contributed by atoms with van der Waals surface area (Å²) in [4.78, 5) is 21.6. The molecule has 0 radical (unpaired) electrons. The van der Waals surface area contributed by atoms with E-state index in [2.05, 4.69) is 9.97 Å². The first kappa shape index (κ1) is 10.7. The summed E-state index contributed by atoms with van der Waals surface area (Å²) in [5.74, 6) is 1.24. The number of aromatic nitrogens is 2. The summed E-state index contributed by atoms with van der Waals surface area (Å²) in [6, 6.07) is 9.26. The maximum atomic E-state index is 11.8. The van der Waals surface area contributed by atoms with Crippen LogP contribution in [0.1, 0.15) is 11.4 Å². The van der Waals surface area contributed by atoms with Gasteiger partial charge in [-0.1, -0.05) is 18.2 Å². The number of carbonyl (C=O) groups excluding carboxylic acids is 1. The van der Waals surface area contributed by atoms with Crippen molar-refractivity contribution in [1.29, 1.82) is 0 Å². The Labute approximate surface area is 104 Å². The van der Waals surface area contributed by atoms with Crippen molar-refractivity contribution in [1.82, 2.24) is 14.9 Å². The predicted molar refractivity (Wildman–Crippen MR) is 63.7 cm³/mol. The zero-order valence-electron chi connectivity index (χ0n) is 9.61. The lowest BCUT2D eigenvalue weighted by atomic mass is 10.1. The van der Waals surface area contributed by atoms with Gasteiger partial charge in [0.25, 0.3) is 0 Å². The van der Waals surface area contributed by atoms with E-state index in [4.69, 9.17) is 4.74 Å². The van der Waals surface area contributed by atoms with Crippen LogP contribution in [-0.2, 0) is 13.1 Å². The molecule has 0 saturated carbocycles. The zero-order valence-corrected chi connectivity index (χ0v) is 9.61. The number of para-hydroxylation sites is 1. The number of amides is 1. The Kier molecular flexibility index (Phi) is 2.64. The van der Waals surface area contributed by atoms with Gasteiger partial charge in [-0.25, -0.2) is 14.8 Å². The average Bonchev–Trinajstić information content (AvgIpc) is 2.41. The largest absolute Gasteiger partial charge is 0.415 e. The van der Waals surface area contributed by atoms with E-state index in [1.165, 1.54) is 0 Å². The van der Waals surface area contributed by atoms with Gasteiger partial charge in [0.15, 0.2) is 0 Å². The number of benzene rings is 1. The van der Waals surface area contributed by atoms with Crippen molar-refractivity contribution in [2.24, 2.45) is 0 Å². The lowest BCUT2D eigenvalue weighted by Crippen LogP contribution is -2.36. The minimum Gasteiger partial charge on any atom is -0.410 e. The molecule has 0 aliphatic carbocycles. The van der Waals surface area contributed by atoms with Crippen molar-refractivity contribution in [3.8, 4) is 5.75 Å². The molecule has 5 nitrogen and oxygen atoms in total. The number of carbonyl (C=O) groups is 1. The highest BCUT2D eigenvalue weighted by Crippen LogP contribution is 2.25. The van der Waals surface area contributed by atoms with Gasteiger partial charge in [0.05, 0.1) is 13.1 Å². The van der Waals surface area contributed by atoms with Gasteiger partial charge in [0.1, 0.15) is 11.6 Å². The van der Waals surface area contributed by atoms with Gasteiger partial charge >= 0.3 is 6.09 Å². The summed E-state index contributed by atoms with van der Waals surface area (Å²) < 4.78 is 5.25. The van der Waals surface area contributed by atoms with Gasteiger partial charge in [-0.05, 0) is 12.1 Å². The lowest BCUT2D eigenvalue weighted by Gasteiger charge is -2.27. The third-order valence-corrected chi connectivity index (χ3v) is 2.74. The smallest absolute Gasteiger partial charge is 0.410 e. The van der Waals surface area contributed by atoms with E-state index in [-0.39, 0.29) is 6.09 Å². The number of ether oxygens (including phenoxy) is 1. The molecule has 0 atom stereocenters. The van der Waals surface area contributed by atoms with Gasteiger partial charge in [-0.3, -0.25) is 4.90 Å². The fraction of sp³-hybridized carbons (Fsp3) is 0.154. The Bertz CT molecular complexity index is 571. The molecule has 1 aliphatic heterocycles. The van der Waals surface area contributed by atoms with Gasteiger partial charge in [0, 0.05) is 18.0 Å². The van der Waals surface area contributed by atoms with Crippen LogP contribution in [0.2, 0.25) is 0 Å². The summed E-state index contributed by atoms with van der Waals surface area (Å²) in [5, 5.41) is 0. The van der Waals surface area contributed by atoms with E-state index in [9.17, 15) is 4.79 Å². The number of fused-ring (bicyclic) bond motifs is 1. The molecular weight excluding hydrogens is 230 g/mol. The fourth-order valence-corrected chi connectivity index (χ4v) is 1.87. The van der Waals surface area contributed by atoms with Crippen LogP contribution in [-0.4, -0.2) is 21.0 Å². The second-order valence-corrected chi connectivity index (χ2v) is 4.00. The molecule has 2 aromatic rings. The monoisotopic (exact) mass is 241 g/mol. The van der Waals surface area contributed by atoms with Crippen LogP contribution in [0.4, 0.5) is 4.79 Å². The maximum absolute atomic E-state index is 11.8. The van der Waals surface area contributed by atoms with Gasteiger partial charge < -0.3 is 4.74 Å². The Morgan fingerprint density at radius 2 is 1.94 bits per heavy atom. The SMILES string of the molecule is O=C1Oc2ccccc2CN1Cc1ncccn1. The van der Waals surface area contributed by atoms with Crippen LogP contribution >= 0.6 is 0 Å². The third-order valence-electron chi connectivity index (χ3n) is 2.74. The molecular formula is C13H11N3O2. The summed E-state index contributed by atoms with van der Waals surface area (Å²) >= 11 is 0. The first-order chi connectivity index (χ1) is 8.83. The highest BCUT2D eigenvalue weighted by Gasteiger charge is 2.24. The average molecular weight is 241 g/mol. The molecule has 0 bridgehead atoms. The molecule has 0 unspecified atom stereocenters. The fourth-order valence-electron chi connectivity index (χ4n) is 1.87. The summed E-state index contributed by atoms with van der Waals surface area (Å²) in [7, 11) is 0. The van der Waals surface area contributed by atoms with Crippen LogP contribution in [0.5, 0.6) is 5.75 Å². The van der Waals surface area contributed by atoms with Crippen LogP contribution in [0.3, 0.4) is 0 Å². The molecule has 90 valence electrons. The third kappa shape index (κ3) is 2.02. The minimum atomic E-state index is -0.360. The zero-order chi connectivity index (χ0) is 12.4. The Hall–Kier alpha value is -2.43. The lowest BCUT2D eigenvalue weighted by molar-refractivity contribution is 0.134. The second kappa shape index (κ2) is 4.44. The number of hydrogen-bond donors (Lipinski definition) is 0. The number of hydrogen-bond acceptors (Lipinski definition) is 4. The summed E-state index contributed by atoms with van der Waals surface area (Å²) in [5.41, 5.74) is 0.994. The molecule has 3 rings (SSSR count). The van der Waals surface area contributed by atoms with E-state index in [0.29, 0.717) is 24.7 Å². The van der Waals surface area contributed by atoms with Crippen molar-refractivity contribution in [2.45, 2.75) is 13.1 Å². The molecule has 1 aromatic heterocycles. The Morgan fingerprint density at radius 1 is 1.17 bits per heavy atom.